The Kier molecular flexibility index (Phi) is 6.23. The molecule has 5 rings (SSSR count). The Balaban J connectivity index is 1.63. The van der Waals surface area contributed by atoms with Crippen LogP contribution in [-0.4, -0.2) is 32.0 Å². The van der Waals surface area contributed by atoms with E-state index in [2.05, 4.69) is 23.6 Å². The smallest absolute Gasteiger partial charge is 0.245 e. The summed E-state index contributed by atoms with van der Waals surface area (Å²) in [4.78, 5) is -0.473. The quantitative estimate of drug-likeness (QED) is 0.279. The van der Waals surface area contributed by atoms with Crippen LogP contribution in [0.5, 0.6) is 0 Å². The second-order valence-electron chi connectivity index (χ2n) is 8.68. The minimum absolute atomic E-state index is 0.0395. The average Bonchev–Trinajstić information content (AvgIpc) is 3.48. The van der Waals surface area contributed by atoms with Crippen molar-refractivity contribution < 1.29 is 21.3 Å². The number of hydrogen-bond donors (Lipinski definition) is 0. The van der Waals surface area contributed by atoms with E-state index in [1.165, 1.54) is 34.8 Å². The van der Waals surface area contributed by atoms with Gasteiger partial charge in [-0.05, 0) is 55.0 Å². The number of benzene rings is 3. The summed E-state index contributed by atoms with van der Waals surface area (Å²) in [5, 5.41) is 2.14. The maximum Gasteiger partial charge on any atom is 0.245 e. The normalized spacial score (nSPS) is 12.6. The minimum atomic E-state index is -4.20. The van der Waals surface area contributed by atoms with Gasteiger partial charge in [-0.2, -0.15) is 4.31 Å². The first-order chi connectivity index (χ1) is 17.2. The Bertz CT molecular complexity index is 1770. The maximum atomic E-state index is 13.9. The lowest BCUT2D eigenvalue weighted by molar-refractivity contribution is 0.358. The Hall–Kier alpha value is -3.40. The van der Waals surface area contributed by atoms with Gasteiger partial charge in [0, 0.05) is 41.2 Å². The minimum Gasteiger partial charge on any atom is -0.468 e. The molecule has 0 aliphatic heterocycles. The first-order valence-electron chi connectivity index (χ1n) is 11.5. The molecule has 0 radical (unpaired) electrons. The average molecular weight is 523 g/mol. The van der Waals surface area contributed by atoms with E-state index in [1.807, 2.05) is 30.3 Å². The number of para-hydroxylation sites is 1. The molecule has 0 spiro atoms. The second-order valence-corrected chi connectivity index (χ2v) is 12.6. The highest BCUT2D eigenvalue weighted by Gasteiger charge is 2.31. The molecule has 0 atom stereocenters. The molecule has 5 aromatic rings. The summed E-state index contributed by atoms with van der Waals surface area (Å²) in [6, 6.07) is 23.2. The lowest BCUT2D eigenvalue weighted by atomic mass is 10.1. The number of aromatic nitrogens is 1. The fourth-order valence-electron chi connectivity index (χ4n) is 4.65. The van der Waals surface area contributed by atoms with Gasteiger partial charge in [-0.25, -0.2) is 16.8 Å². The molecule has 0 bridgehead atoms. The summed E-state index contributed by atoms with van der Waals surface area (Å²) >= 11 is 0. The van der Waals surface area contributed by atoms with Crippen molar-refractivity contribution in [2.45, 2.75) is 36.3 Å². The predicted molar refractivity (Wildman–Crippen MR) is 140 cm³/mol. The van der Waals surface area contributed by atoms with Crippen LogP contribution in [0.3, 0.4) is 0 Å². The van der Waals surface area contributed by atoms with Crippen molar-refractivity contribution in [1.29, 1.82) is 0 Å². The van der Waals surface area contributed by atoms with E-state index >= 15 is 0 Å². The molecule has 36 heavy (non-hydrogen) atoms. The first kappa shape index (κ1) is 24.3. The van der Waals surface area contributed by atoms with Crippen LogP contribution in [-0.2, 0) is 39.5 Å². The molecule has 0 N–H and O–H groups in total. The van der Waals surface area contributed by atoms with E-state index < -0.39 is 19.9 Å². The van der Waals surface area contributed by atoms with Crippen molar-refractivity contribution >= 4 is 41.7 Å². The van der Waals surface area contributed by atoms with Gasteiger partial charge in [0.2, 0.25) is 10.0 Å². The summed E-state index contributed by atoms with van der Waals surface area (Å²) in [5.41, 5.74) is 2.98. The molecule has 3 aromatic carbocycles. The number of aryl methyl sites for hydroxylation is 1. The Morgan fingerprint density at radius 3 is 2.17 bits per heavy atom. The summed E-state index contributed by atoms with van der Waals surface area (Å²) in [7, 11) is -7.97. The zero-order valence-electron chi connectivity index (χ0n) is 20.0. The number of rotatable bonds is 8. The van der Waals surface area contributed by atoms with Crippen LogP contribution >= 0.6 is 0 Å². The van der Waals surface area contributed by atoms with Gasteiger partial charge in [0.15, 0.2) is 9.84 Å². The zero-order chi connectivity index (χ0) is 25.5. The number of fused-ring (bicyclic) bond motifs is 3. The molecule has 0 saturated heterocycles. The highest BCUT2D eigenvalue weighted by Crippen LogP contribution is 2.32. The van der Waals surface area contributed by atoms with Crippen LogP contribution in [0.15, 0.2) is 99.3 Å². The summed E-state index contributed by atoms with van der Waals surface area (Å²) in [6.45, 7) is 2.91. The van der Waals surface area contributed by atoms with Crippen LogP contribution in [0.4, 0.5) is 0 Å². The first-order valence-corrected chi connectivity index (χ1v) is 14.8. The third-order valence-electron chi connectivity index (χ3n) is 6.29. The standard InChI is InChI=1S/C27H26N2O5S2/c1-3-29-24-11-5-4-10-22(24)23-17-20(14-15-25(23)29)18-28(19-21-9-8-16-34-21)36(32,33)27-13-7-6-12-26(27)35(2,30)31/h4-17H,3,18-19H2,1-2H3. The maximum absolute atomic E-state index is 13.9. The van der Waals surface area contributed by atoms with E-state index in [-0.39, 0.29) is 22.9 Å². The van der Waals surface area contributed by atoms with Crippen molar-refractivity contribution in [3.8, 4) is 0 Å². The van der Waals surface area contributed by atoms with Gasteiger partial charge in [-0.15, -0.1) is 0 Å². The Morgan fingerprint density at radius 2 is 1.47 bits per heavy atom. The van der Waals surface area contributed by atoms with E-state index in [9.17, 15) is 16.8 Å². The molecule has 0 aliphatic carbocycles. The molecule has 186 valence electrons. The van der Waals surface area contributed by atoms with Crippen molar-refractivity contribution in [2.24, 2.45) is 0 Å². The number of sulfone groups is 1. The lowest BCUT2D eigenvalue weighted by Gasteiger charge is -2.23. The molecular formula is C27H26N2O5S2. The van der Waals surface area contributed by atoms with Crippen LogP contribution < -0.4 is 0 Å². The molecule has 7 nitrogen and oxygen atoms in total. The lowest BCUT2D eigenvalue weighted by Crippen LogP contribution is -2.31. The van der Waals surface area contributed by atoms with Gasteiger partial charge in [0.05, 0.1) is 17.7 Å². The SMILES string of the molecule is CCn1c2ccccc2c2cc(CN(Cc3ccco3)S(=O)(=O)c3ccccc3S(C)(=O)=O)ccc21. The van der Waals surface area contributed by atoms with Crippen molar-refractivity contribution in [2.75, 3.05) is 6.26 Å². The molecule has 0 unspecified atom stereocenters. The Labute approximate surface area is 210 Å². The Morgan fingerprint density at radius 1 is 0.778 bits per heavy atom. The zero-order valence-corrected chi connectivity index (χ0v) is 21.6. The van der Waals surface area contributed by atoms with Crippen LogP contribution in [0.1, 0.15) is 18.2 Å². The molecule has 0 aliphatic rings. The molecule has 0 fully saturated rings. The molecule has 9 heteroatoms. The van der Waals surface area contributed by atoms with Gasteiger partial charge >= 0.3 is 0 Å². The van der Waals surface area contributed by atoms with Crippen LogP contribution in [0, 0.1) is 0 Å². The van der Waals surface area contributed by atoms with Gasteiger partial charge in [-0.3, -0.25) is 0 Å². The van der Waals surface area contributed by atoms with E-state index in [0.717, 1.165) is 40.2 Å². The van der Waals surface area contributed by atoms with Crippen molar-refractivity contribution in [3.05, 3.63) is 96.4 Å². The second kappa shape index (κ2) is 9.24. The van der Waals surface area contributed by atoms with Gasteiger partial charge < -0.3 is 8.98 Å². The van der Waals surface area contributed by atoms with Gasteiger partial charge in [0.1, 0.15) is 10.7 Å². The van der Waals surface area contributed by atoms with Gasteiger partial charge in [0.25, 0.3) is 0 Å². The summed E-state index contributed by atoms with van der Waals surface area (Å²) in [6.07, 6.45) is 2.49. The predicted octanol–water partition coefficient (Wildman–Crippen LogP) is 5.20. The van der Waals surface area contributed by atoms with E-state index in [1.54, 1.807) is 12.1 Å². The fourth-order valence-corrected chi connectivity index (χ4v) is 7.65. The highest BCUT2D eigenvalue weighted by atomic mass is 32.2. The summed E-state index contributed by atoms with van der Waals surface area (Å²) < 4.78 is 61.5. The fraction of sp³-hybridized carbons (Fsp3) is 0.185. The molecule has 2 heterocycles. The number of sulfonamides is 1. The van der Waals surface area contributed by atoms with Crippen molar-refractivity contribution in [1.82, 2.24) is 8.87 Å². The largest absolute Gasteiger partial charge is 0.468 e. The third kappa shape index (κ3) is 4.34. The number of nitrogens with zero attached hydrogens (tertiary/aromatic N) is 2. The van der Waals surface area contributed by atoms with Crippen molar-refractivity contribution in [3.63, 3.8) is 0 Å². The molecule has 2 aromatic heterocycles. The molecular weight excluding hydrogens is 496 g/mol. The van der Waals surface area contributed by atoms with Gasteiger partial charge in [-0.1, -0.05) is 36.4 Å². The van der Waals surface area contributed by atoms with Crippen LogP contribution in [0.25, 0.3) is 21.8 Å². The third-order valence-corrected chi connectivity index (χ3v) is 9.42. The monoisotopic (exact) mass is 522 g/mol. The van der Waals surface area contributed by atoms with Crippen LogP contribution in [0.2, 0.25) is 0 Å². The highest BCUT2D eigenvalue weighted by molar-refractivity contribution is 7.93. The number of furan rings is 1. The number of hydrogen-bond acceptors (Lipinski definition) is 5. The summed E-state index contributed by atoms with van der Waals surface area (Å²) in [5.74, 6) is 0.457. The molecule has 0 saturated carbocycles. The van der Waals surface area contributed by atoms with E-state index in [0.29, 0.717) is 5.76 Å². The molecule has 0 amide bonds. The van der Waals surface area contributed by atoms with E-state index in [4.69, 9.17) is 4.42 Å². The topological polar surface area (TPSA) is 89.6 Å².